The van der Waals surface area contributed by atoms with Crippen LogP contribution in [0, 0.1) is 11.6 Å². The lowest BCUT2D eigenvalue weighted by atomic mass is 9.92. The number of hydrogen-bond acceptors (Lipinski definition) is 4. The molecule has 2 aliphatic heterocycles. The maximum absolute atomic E-state index is 14.5. The lowest BCUT2D eigenvalue weighted by Crippen LogP contribution is -2.42. The number of carbonyl (C=O) groups excluding carboxylic acids is 1. The second kappa shape index (κ2) is 7.42. The number of anilines is 1. The van der Waals surface area contributed by atoms with Crippen molar-refractivity contribution in [1.82, 2.24) is 5.32 Å². The minimum atomic E-state index is -2.18. The largest absolute Gasteiger partial charge is 0.486 e. The van der Waals surface area contributed by atoms with Gasteiger partial charge in [-0.3, -0.25) is 4.79 Å². The van der Waals surface area contributed by atoms with Gasteiger partial charge in [0, 0.05) is 23.0 Å². The van der Waals surface area contributed by atoms with Gasteiger partial charge in [0.2, 0.25) is 5.91 Å². The topological polar surface area (TPSA) is 59.6 Å². The van der Waals surface area contributed by atoms with Gasteiger partial charge in [0.25, 0.3) is 0 Å². The number of ether oxygens (including phenoxy) is 2. The fourth-order valence-electron chi connectivity index (χ4n) is 3.98. The Morgan fingerprint density at radius 1 is 1.14 bits per heavy atom. The zero-order chi connectivity index (χ0) is 20.8. The van der Waals surface area contributed by atoms with Crippen molar-refractivity contribution < 1.29 is 23.0 Å². The van der Waals surface area contributed by atoms with Gasteiger partial charge in [-0.05, 0) is 30.2 Å². The summed E-state index contributed by atoms with van der Waals surface area (Å²) >= 11 is 0. The summed E-state index contributed by atoms with van der Waals surface area (Å²) in [5.41, 5.74) is 1.84. The molecular formula is C21H24F2N2O3Si. The summed E-state index contributed by atoms with van der Waals surface area (Å²) < 4.78 is 40.4. The number of amides is 1. The van der Waals surface area contributed by atoms with E-state index in [4.69, 9.17) is 9.47 Å². The molecule has 1 amide bonds. The second-order valence-corrected chi connectivity index (χ2v) is 13.3. The summed E-state index contributed by atoms with van der Waals surface area (Å²) in [6.45, 7) is 7.18. The van der Waals surface area contributed by atoms with Crippen LogP contribution in [0.15, 0.2) is 24.3 Å². The molecule has 2 aromatic carbocycles. The Balaban J connectivity index is 1.61. The van der Waals surface area contributed by atoms with Crippen molar-refractivity contribution in [1.29, 1.82) is 0 Å². The molecule has 0 bridgehead atoms. The van der Waals surface area contributed by atoms with Crippen LogP contribution >= 0.6 is 0 Å². The third kappa shape index (κ3) is 3.74. The molecule has 1 atom stereocenters. The number of benzene rings is 2. The van der Waals surface area contributed by atoms with Crippen LogP contribution in [-0.2, 0) is 11.2 Å². The van der Waals surface area contributed by atoms with E-state index in [2.05, 4.69) is 10.6 Å². The van der Waals surface area contributed by atoms with Crippen molar-refractivity contribution in [3.05, 3.63) is 47.0 Å². The Hall–Kier alpha value is -2.45. The molecule has 0 fully saturated rings. The van der Waals surface area contributed by atoms with Gasteiger partial charge in [-0.25, -0.2) is 8.78 Å². The molecular weight excluding hydrogens is 394 g/mol. The minimum Gasteiger partial charge on any atom is -0.486 e. The number of rotatable bonds is 3. The van der Waals surface area contributed by atoms with Gasteiger partial charge in [-0.15, -0.1) is 0 Å². The maximum Gasteiger partial charge on any atom is 0.246 e. The molecule has 4 rings (SSSR count). The van der Waals surface area contributed by atoms with Crippen LogP contribution in [0.5, 0.6) is 11.5 Å². The van der Waals surface area contributed by atoms with Gasteiger partial charge in [0.15, 0.2) is 11.5 Å². The van der Waals surface area contributed by atoms with Crippen LogP contribution in [0.2, 0.25) is 19.6 Å². The Morgan fingerprint density at radius 3 is 2.52 bits per heavy atom. The van der Waals surface area contributed by atoms with Crippen LogP contribution in [0.1, 0.15) is 17.2 Å². The lowest BCUT2D eigenvalue weighted by molar-refractivity contribution is -0.118. The van der Waals surface area contributed by atoms with Gasteiger partial charge >= 0.3 is 0 Å². The molecule has 8 heteroatoms. The first-order chi connectivity index (χ1) is 13.8. The van der Waals surface area contributed by atoms with E-state index >= 15 is 0 Å². The van der Waals surface area contributed by atoms with Crippen LogP contribution in [0.3, 0.4) is 0 Å². The Bertz CT molecular complexity index is 952. The summed E-state index contributed by atoms with van der Waals surface area (Å²) in [4.78, 5) is 12.9. The molecule has 1 unspecified atom stereocenters. The van der Waals surface area contributed by atoms with E-state index < -0.39 is 25.8 Å². The molecule has 29 heavy (non-hydrogen) atoms. The molecule has 0 spiro atoms. The number of fused-ring (bicyclic) bond motifs is 3. The van der Waals surface area contributed by atoms with Crippen LogP contribution in [0.25, 0.3) is 0 Å². The zero-order valence-corrected chi connectivity index (χ0v) is 17.7. The Kier molecular flexibility index (Phi) is 5.08. The van der Waals surface area contributed by atoms with Crippen LogP contribution in [0.4, 0.5) is 14.5 Å². The van der Waals surface area contributed by atoms with Crippen molar-refractivity contribution in [2.75, 3.05) is 25.1 Å². The van der Waals surface area contributed by atoms with E-state index in [0.717, 1.165) is 11.1 Å². The van der Waals surface area contributed by atoms with Crippen molar-refractivity contribution >= 4 is 24.9 Å². The Morgan fingerprint density at radius 2 is 1.83 bits per heavy atom. The van der Waals surface area contributed by atoms with E-state index in [9.17, 15) is 13.6 Å². The minimum absolute atomic E-state index is 0.110. The molecule has 5 nitrogen and oxygen atoms in total. The molecule has 0 saturated heterocycles. The fourth-order valence-corrected chi connectivity index (χ4v) is 5.56. The van der Waals surface area contributed by atoms with Crippen molar-refractivity contribution in [2.45, 2.75) is 32.1 Å². The second-order valence-electron chi connectivity index (χ2n) is 8.35. The summed E-state index contributed by atoms with van der Waals surface area (Å²) in [6, 6.07) is 5.39. The van der Waals surface area contributed by atoms with Gasteiger partial charge in [-0.2, -0.15) is 0 Å². The predicted octanol–water partition coefficient (Wildman–Crippen LogP) is 3.11. The average Bonchev–Trinajstić information content (AvgIpc) is 2.65. The molecule has 154 valence electrons. The predicted molar refractivity (Wildman–Crippen MR) is 110 cm³/mol. The molecule has 0 radical (unpaired) electrons. The van der Waals surface area contributed by atoms with Crippen molar-refractivity contribution in [3.63, 3.8) is 0 Å². The summed E-state index contributed by atoms with van der Waals surface area (Å²) in [5.74, 6) is -0.235. The quantitative estimate of drug-likeness (QED) is 0.752. The highest BCUT2D eigenvalue weighted by Gasteiger charge is 2.31. The molecule has 0 saturated carbocycles. The SMILES string of the molecule is C[Si](C)(C)c1c(F)cc(NC(=O)C2NCCc3c2ccc2c3OCCO2)cc1F. The van der Waals surface area contributed by atoms with E-state index in [1.54, 1.807) is 6.07 Å². The first kappa shape index (κ1) is 19.8. The highest BCUT2D eigenvalue weighted by Crippen LogP contribution is 2.40. The molecule has 2 aliphatic rings. The van der Waals surface area contributed by atoms with Gasteiger partial charge < -0.3 is 20.1 Å². The molecule has 0 aliphatic carbocycles. The third-order valence-corrected chi connectivity index (χ3v) is 7.18. The number of nitrogens with one attached hydrogen (secondary N) is 2. The van der Waals surface area contributed by atoms with E-state index in [1.165, 1.54) is 12.1 Å². The molecule has 2 N–H and O–H groups in total. The Labute approximate surface area is 169 Å². The smallest absolute Gasteiger partial charge is 0.246 e. The highest BCUT2D eigenvalue weighted by atomic mass is 28.3. The first-order valence-electron chi connectivity index (χ1n) is 9.71. The number of hydrogen-bond donors (Lipinski definition) is 2. The summed E-state index contributed by atoms with van der Waals surface area (Å²) in [6.07, 6.45) is 0.708. The normalized spacial score (nSPS) is 18.2. The van der Waals surface area contributed by atoms with E-state index in [0.29, 0.717) is 37.7 Å². The maximum atomic E-state index is 14.5. The molecule has 2 heterocycles. The summed E-state index contributed by atoms with van der Waals surface area (Å²) in [5, 5.41) is 5.97. The van der Waals surface area contributed by atoms with Crippen LogP contribution < -0.4 is 25.3 Å². The van der Waals surface area contributed by atoms with Gasteiger partial charge in [0.1, 0.15) is 30.9 Å². The van der Waals surface area contributed by atoms with E-state index in [1.807, 2.05) is 25.7 Å². The highest BCUT2D eigenvalue weighted by molar-refractivity contribution is 6.88. The number of carbonyl (C=O) groups is 1. The van der Waals surface area contributed by atoms with E-state index in [-0.39, 0.29) is 16.8 Å². The van der Waals surface area contributed by atoms with Gasteiger partial charge in [-0.1, -0.05) is 25.7 Å². The van der Waals surface area contributed by atoms with Crippen molar-refractivity contribution in [3.8, 4) is 11.5 Å². The van der Waals surface area contributed by atoms with Crippen molar-refractivity contribution in [2.24, 2.45) is 0 Å². The van der Waals surface area contributed by atoms with Gasteiger partial charge in [0.05, 0.1) is 8.07 Å². The molecule has 2 aromatic rings. The fraction of sp³-hybridized carbons (Fsp3) is 0.381. The summed E-state index contributed by atoms with van der Waals surface area (Å²) in [7, 11) is -2.18. The average molecular weight is 419 g/mol. The standard InChI is InChI=1S/C21H24F2N2O3Si/c1-29(2,3)20-15(22)10-12(11-16(20)23)25-21(26)18-13-4-5-17-19(28-9-8-27-17)14(13)6-7-24-18/h4-5,10-11,18,24H,6-9H2,1-3H3,(H,25,26). The molecule has 0 aromatic heterocycles. The first-order valence-corrected chi connectivity index (χ1v) is 13.2. The third-order valence-electron chi connectivity index (χ3n) is 5.20. The monoisotopic (exact) mass is 418 g/mol. The zero-order valence-electron chi connectivity index (χ0n) is 16.7. The van der Waals surface area contributed by atoms with Crippen LogP contribution in [-0.4, -0.2) is 33.7 Å². The lowest BCUT2D eigenvalue weighted by Gasteiger charge is -2.30. The number of halogens is 2.